The number of amides is 1. The van der Waals surface area contributed by atoms with Crippen LogP contribution in [0.3, 0.4) is 0 Å². The highest BCUT2D eigenvalue weighted by Crippen LogP contribution is 2.45. The van der Waals surface area contributed by atoms with E-state index in [0.29, 0.717) is 17.0 Å². The summed E-state index contributed by atoms with van der Waals surface area (Å²) in [4.78, 5) is 27.0. The van der Waals surface area contributed by atoms with E-state index < -0.39 is 27.3 Å². The number of rotatable bonds is 6. The average Bonchev–Trinajstić information content (AvgIpc) is 3.05. The van der Waals surface area contributed by atoms with Gasteiger partial charge in [0.05, 0.1) is 22.8 Å². The minimum Gasteiger partial charge on any atom is -0.462 e. The Hall–Kier alpha value is -1.94. The summed E-state index contributed by atoms with van der Waals surface area (Å²) in [7, 11) is -3.45. The van der Waals surface area contributed by atoms with Crippen molar-refractivity contribution in [2.45, 2.75) is 63.9 Å². The van der Waals surface area contributed by atoms with Crippen molar-refractivity contribution in [1.29, 1.82) is 0 Å². The summed E-state index contributed by atoms with van der Waals surface area (Å²) in [6.45, 7) is 11.8. The van der Waals surface area contributed by atoms with E-state index >= 15 is 0 Å². The highest BCUT2D eigenvalue weighted by atomic mass is 35.5. The molecule has 182 valence electrons. The van der Waals surface area contributed by atoms with Gasteiger partial charge in [-0.2, -0.15) is 0 Å². The first-order chi connectivity index (χ1) is 14.8. The maximum Gasteiger partial charge on any atom is 0.341 e. The third-order valence-corrected chi connectivity index (χ3v) is 8.59. The van der Waals surface area contributed by atoms with Gasteiger partial charge < -0.3 is 15.4 Å². The molecule has 10 heteroatoms. The molecule has 0 saturated carbocycles. The highest BCUT2D eigenvalue weighted by molar-refractivity contribution is 7.91. The molecule has 1 aliphatic rings. The zero-order valence-electron chi connectivity index (χ0n) is 19.7. The topological polar surface area (TPSA) is 102 Å². The molecule has 0 fully saturated rings. The molecule has 0 radical (unpaired) electrons. The van der Waals surface area contributed by atoms with Crippen molar-refractivity contribution in [3.05, 3.63) is 45.8 Å². The van der Waals surface area contributed by atoms with Crippen molar-refractivity contribution < 1.29 is 22.7 Å². The van der Waals surface area contributed by atoms with Crippen LogP contribution in [0.25, 0.3) is 0 Å². The lowest BCUT2D eigenvalue weighted by Gasteiger charge is -2.42. The molecule has 1 aliphatic heterocycles. The maximum absolute atomic E-state index is 13.0. The standard InChI is InChI=1S/C23H30N2O5S2.ClH/c1-7-30-21(27)17-16-13-22(3,4)25-23(5,6)18(16)31-20(17)24-19(26)14-10-9-11-15(12-14)32(28,29)8-2;/h9-12,25H,7-8,13H2,1-6H3,(H,24,26);1H. The Morgan fingerprint density at radius 3 is 2.45 bits per heavy atom. The number of sulfone groups is 1. The lowest BCUT2D eigenvalue weighted by atomic mass is 9.81. The molecular formula is C23H31ClN2O5S2. The fraction of sp³-hybridized carbons (Fsp3) is 0.478. The summed E-state index contributed by atoms with van der Waals surface area (Å²) in [6.07, 6.45) is 0.608. The largest absolute Gasteiger partial charge is 0.462 e. The van der Waals surface area contributed by atoms with Crippen LogP contribution in [-0.2, 0) is 26.5 Å². The Balaban J connectivity index is 0.00000385. The van der Waals surface area contributed by atoms with E-state index in [2.05, 4.69) is 24.5 Å². The van der Waals surface area contributed by atoms with E-state index in [1.807, 2.05) is 13.8 Å². The first-order valence-corrected chi connectivity index (χ1v) is 13.0. The molecule has 0 unspecified atom stereocenters. The van der Waals surface area contributed by atoms with Crippen LogP contribution < -0.4 is 10.6 Å². The van der Waals surface area contributed by atoms with Gasteiger partial charge in [-0.3, -0.25) is 4.79 Å². The fourth-order valence-electron chi connectivity index (χ4n) is 4.21. The molecule has 33 heavy (non-hydrogen) atoms. The van der Waals surface area contributed by atoms with Gasteiger partial charge >= 0.3 is 5.97 Å². The summed E-state index contributed by atoms with van der Waals surface area (Å²) >= 11 is 1.35. The summed E-state index contributed by atoms with van der Waals surface area (Å²) in [6, 6.07) is 5.93. The zero-order chi connectivity index (χ0) is 23.9. The van der Waals surface area contributed by atoms with Crippen LogP contribution in [0, 0.1) is 0 Å². The Bertz CT molecular complexity index is 1170. The van der Waals surface area contributed by atoms with Gasteiger partial charge in [-0.25, -0.2) is 13.2 Å². The second-order valence-electron chi connectivity index (χ2n) is 9.03. The van der Waals surface area contributed by atoms with Gasteiger partial charge in [0.15, 0.2) is 9.84 Å². The molecule has 2 aromatic rings. The normalized spacial score (nSPS) is 16.3. The Morgan fingerprint density at radius 1 is 1.18 bits per heavy atom. The summed E-state index contributed by atoms with van der Waals surface area (Å²) in [5, 5.41) is 6.85. The van der Waals surface area contributed by atoms with Crippen molar-refractivity contribution in [2.24, 2.45) is 0 Å². The number of carbonyl (C=O) groups is 2. The minimum atomic E-state index is -3.45. The van der Waals surface area contributed by atoms with Gasteiger partial charge in [0, 0.05) is 21.5 Å². The predicted molar refractivity (Wildman–Crippen MR) is 134 cm³/mol. The minimum absolute atomic E-state index is 0. The van der Waals surface area contributed by atoms with Crippen molar-refractivity contribution >= 4 is 50.5 Å². The highest BCUT2D eigenvalue weighted by Gasteiger charge is 2.42. The van der Waals surface area contributed by atoms with Crippen molar-refractivity contribution in [3.63, 3.8) is 0 Å². The van der Waals surface area contributed by atoms with Gasteiger partial charge in [0.25, 0.3) is 5.91 Å². The summed E-state index contributed by atoms with van der Waals surface area (Å²) in [5.41, 5.74) is 0.808. The molecule has 7 nitrogen and oxygen atoms in total. The summed E-state index contributed by atoms with van der Waals surface area (Å²) < 4.78 is 29.7. The number of carbonyl (C=O) groups excluding carboxylic acids is 2. The lowest BCUT2D eigenvalue weighted by molar-refractivity contribution is 0.0525. The third kappa shape index (κ3) is 5.59. The predicted octanol–water partition coefficient (Wildman–Crippen LogP) is 4.55. The summed E-state index contributed by atoms with van der Waals surface area (Å²) in [5.74, 6) is -1.01. The SMILES string of the molecule is CCOC(=O)c1c(NC(=O)c2cccc(S(=O)(=O)CC)c2)sc2c1CC(C)(C)NC2(C)C.Cl. The van der Waals surface area contributed by atoms with Gasteiger partial charge in [-0.1, -0.05) is 13.0 Å². The Morgan fingerprint density at radius 2 is 1.85 bits per heavy atom. The zero-order valence-corrected chi connectivity index (χ0v) is 22.1. The van der Waals surface area contributed by atoms with Crippen LogP contribution in [-0.4, -0.2) is 38.2 Å². The van der Waals surface area contributed by atoms with E-state index in [-0.39, 0.29) is 40.8 Å². The van der Waals surface area contributed by atoms with Crippen LogP contribution in [0.5, 0.6) is 0 Å². The van der Waals surface area contributed by atoms with Crippen molar-refractivity contribution in [2.75, 3.05) is 17.7 Å². The molecule has 1 aromatic heterocycles. The van der Waals surface area contributed by atoms with Crippen molar-refractivity contribution in [1.82, 2.24) is 5.32 Å². The van der Waals surface area contributed by atoms with Crippen LogP contribution in [0.1, 0.15) is 72.7 Å². The number of nitrogens with one attached hydrogen (secondary N) is 2. The van der Waals surface area contributed by atoms with E-state index in [1.54, 1.807) is 26.0 Å². The molecule has 1 aromatic carbocycles. The second-order valence-corrected chi connectivity index (χ2v) is 12.3. The van der Waals surface area contributed by atoms with Gasteiger partial charge in [0.1, 0.15) is 5.00 Å². The fourth-order valence-corrected chi connectivity index (χ4v) is 6.39. The molecule has 0 bridgehead atoms. The number of benzene rings is 1. The molecule has 3 rings (SSSR count). The number of hydrogen-bond donors (Lipinski definition) is 2. The first-order valence-electron chi connectivity index (χ1n) is 10.6. The molecule has 1 amide bonds. The Kier molecular flexibility index (Phi) is 8.06. The smallest absolute Gasteiger partial charge is 0.341 e. The lowest BCUT2D eigenvalue weighted by Crippen LogP contribution is -2.55. The molecule has 0 spiro atoms. The molecular weight excluding hydrogens is 484 g/mol. The van der Waals surface area contributed by atoms with Gasteiger partial charge in [0.2, 0.25) is 0 Å². The first kappa shape index (κ1) is 27.3. The molecule has 0 aliphatic carbocycles. The number of ether oxygens (including phenoxy) is 1. The van der Waals surface area contributed by atoms with E-state index in [0.717, 1.165) is 10.4 Å². The number of hydrogen-bond acceptors (Lipinski definition) is 7. The number of thiophene rings is 1. The van der Waals surface area contributed by atoms with Gasteiger partial charge in [-0.05, 0) is 64.8 Å². The number of esters is 1. The quantitative estimate of drug-likeness (QED) is 0.548. The van der Waals surface area contributed by atoms with Crippen molar-refractivity contribution in [3.8, 4) is 0 Å². The van der Waals surface area contributed by atoms with Crippen LogP contribution in [0.4, 0.5) is 5.00 Å². The monoisotopic (exact) mass is 514 g/mol. The second kappa shape index (κ2) is 9.74. The number of anilines is 1. The molecule has 0 atom stereocenters. The molecule has 0 saturated heterocycles. The average molecular weight is 515 g/mol. The number of fused-ring (bicyclic) bond motifs is 1. The van der Waals surface area contributed by atoms with Gasteiger partial charge in [-0.15, -0.1) is 23.7 Å². The van der Waals surface area contributed by atoms with Crippen LogP contribution in [0.2, 0.25) is 0 Å². The van der Waals surface area contributed by atoms with Crippen LogP contribution >= 0.6 is 23.7 Å². The van der Waals surface area contributed by atoms with E-state index in [9.17, 15) is 18.0 Å². The molecule has 2 N–H and O–H groups in total. The molecule has 2 heterocycles. The maximum atomic E-state index is 13.0. The Labute approximate surface area is 205 Å². The number of halogens is 1. The van der Waals surface area contributed by atoms with E-state index in [4.69, 9.17) is 4.74 Å². The van der Waals surface area contributed by atoms with Crippen LogP contribution in [0.15, 0.2) is 29.2 Å². The van der Waals surface area contributed by atoms with E-state index in [1.165, 1.54) is 23.5 Å². The third-order valence-electron chi connectivity index (χ3n) is 5.39.